The number of halogens is 1. The maximum absolute atomic E-state index is 13.7. The minimum atomic E-state index is -0.673. The molecular formula is C28H32FN4O4S+. The minimum absolute atomic E-state index is 0.0781. The van der Waals surface area contributed by atoms with Crippen LogP contribution in [-0.2, 0) is 14.3 Å². The van der Waals surface area contributed by atoms with E-state index in [2.05, 4.69) is 16.2 Å². The van der Waals surface area contributed by atoms with Crippen molar-refractivity contribution in [1.29, 1.82) is 0 Å². The molecule has 0 spiro atoms. The molecule has 0 aliphatic carbocycles. The lowest BCUT2D eigenvalue weighted by atomic mass is 9.97. The van der Waals surface area contributed by atoms with E-state index in [4.69, 9.17) is 9.15 Å². The van der Waals surface area contributed by atoms with Gasteiger partial charge in [0.15, 0.2) is 17.2 Å². The van der Waals surface area contributed by atoms with Crippen molar-refractivity contribution >= 4 is 34.7 Å². The molecule has 4 aliphatic rings. The predicted octanol–water partition coefficient (Wildman–Crippen LogP) is 4.47. The number of esters is 1. The Bertz CT molecular complexity index is 1390. The lowest BCUT2D eigenvalue weighted by molar-refractivity contribution is -0.949. The van der Waals surface area contributed by atoms with E-state index in [1.54, 1.807) is 17.8 Å². The number of piperidine rings is 1. The molecule has 2 saturated heterocycles. The van der Waals surface area contributed by atoms with Gasteiger partial charge < -0.3 is 14.1 Å². The first kappa shape index (κ1) is 25.3. The number of nitrogens with zero attached hydrogens (tertiary/aromatic N) is 4. The first-order valence-electron chi connectivity index (χ1n) is 13.1. The summed E-state index contributed by atoms with van der Waals surface area (Å²) in [6.07, 6.45) is 7.57. The normalized spacial score (nSPS) is 24.4. The van der Waals surface area contributed by atoms with E-state index in [1.165, 1.54) is 12.1 Å². The van der Waals surface area contributed by atoms with Gasteiger partial charge in [-0.2, -0.15) is 4.59 Å². The van der Waals surface area contributed by atoms with Gasteiger partial charge in [0.25, 0.3) is 5.91 Å². The fourth-order valence-corrected chi connectivity index (χ4v) is 6.72. The molecule has 0 N–H and O–H groups in total. The topological polar surface area (TPSA) is 75.9 Å². The number of allylic oxidation sites excluding steroid dienone is 2. The number of rotatable bonds is 4. The molecule has 2 aromatic rings. The highest BCUT2D eigenvalue weighted by Crippen LogP contribution is 2.45. The maximum atomic E-state index is 13.7. The lowest BCUT2D eigenvalue weighted by Crippen LogP contribution is -2.56. The molecule has 1 amide bonds. The summed E-state index contributed by atoms with van der Waals surface area (Å²) < 4.78 is 25.7. The van der Waals surface area contributed by atoms with E-state index < -0.39 is 11.6 Å². The smallest absolute Gasteiger partial charge is 0.345 e. The van der Waals surface area contributed by atoms with Crippen LogP contribution in [0.25, 0.3) is 11.1 Å². The molecule has 0 unspecified atom stereocenters. The Kier molecular flexibility index (Phi) is 6.24. The van der Waals surface area contributed by atoms with Crippen molar-refractivity contribution in [2.75, 3.05) is 37.8 Å². The summed E-state index contributed by atoms with van der Waals surface area (Å²) in [5.74, 6) is 1.42. The van der Waals surface area contributed by atoms with Crippen LogP contribution in [0.4, 0.5) is 4.39 Å². The van der Waals surface area contributed by atoms with Crippen LogP contribution in [0.5, 0.6) is 0 Å². The molecule has 2 fully saturated rings. The lowest BCUT2D eigenvalue weighted by Gasteiger charge is -2.42. The largest absolute Gasteiger partial charge is 0.456 e. The summed E-state index contributed by atoms with van der Waals surface area (Å²) in [5, 5.41) is 2.32. The van der Waals surface area contributed by atoms with Crippen LogP contribution in [0, 0.1) is 5.82 Å². The number of amides is 1. The number of oxazole rings is 1. The minimum Gasteiger partial charge on any atom is -0.456 e. The third-order valence-electron chi connectivity index (χ3n) is 7.55. The number of thioether (sulfide) groups is 1. The van der Waals surface area contributed by atoms with Gasteiger partial charge in [-0.1, -0.05) is 0 Å². The highest BCUT2D eigenvalue weighted by molar-refractivity contribution is 7.99. The van der Waals surface area contributed by atoms with Crippen LogP contribution in [-0.4, -0.2) is 74.8 Å². The fourth-order valence-electron chi connectivity index (χ4n) is 5.78. The number of hydrogen-bond donors (Lipinski definition) is 0. The van der Waals surface area contributed by atoms with Gasteiger partial charge in [-0.15, -0.1) is 16.8 Å². The third kappa shape index (κ3) is 4.38. The van der Waals surface area contributed by atoms with Crippen molar-refractivity contribution in [3.05, 3.63) is 65.1 Å². The molecule has 1 aromatic heterocycles. The second kappa shape index (κ2) is 9.36. The van der Waals surface area contributed by atoms with Gasteiger partial charge in [0.1, 0.15) is 35.3 Å². The molecule has 200 valence electrons. The molecule has 0 bridgehead atoms. The average molecular weight is 540 g/mol. The Morgan fingerprint density at radius 2 is 2.00 bits per heavy atom. The molecular weight excluding hydrogens is 507 g/mol. The molecule has 1 atom stereocenters. The predicted molar refractivity (Wildman–Crippen MR) is 142 cm³/mol. The standard InChI is InChI=1S/C28H32FN4O4S/c1-28(2,3)37-27(35)24-20(26(34)31-12-14-38-17-31)16-33(13-4-5-22(24)33)32-10-8-18(9-11-32)25-30-21-7-6-19(29)15-23(21)36-25/h4-7,13,15,18H,8-12,14,16-17H2,1-3H3/q+1/t33-/m1/s1. The summed E-state index contributed by atoms with van der Waals surface area (Å²) in [7, 11) is 0. The zero-order valence-corrected chi connectivity index (χ0v) is 22.7. The van der Waals surface area contributed by atoms with Gasteiger partial charge in [-0.25, -0.2) is 14.2 Å². The molecule has 4 aliphatic heterocycles. The zero-order valence-electron chi connectivity index (χ0n) is 21.9. The van der Waals surface area contributed by atoms with E-state index in [-0.39, 0.29) is 17.6 Å². The summed E-state index contributed by atoms with van der Waals surface area (Å²) >= 11 is 1.72. The van der Waals surface area contributed by atoms with Crippen LogP contribution in [0.2, 0.25) is 0 Å². The monoisotopic (exact) mass is 539 g/mol. The number of benzene rings is 1. The van der Waals surface area contributed by atoms with Crippen molar-refractivity contribution in [2.24, 2.45) is 0 Å². The first-order valence-corrected chi connectivity index (χ1v) is 14.2. The number of carbonyl (C=O) groups excluding carboxylic acids is 2. The SMILES string of the molecule is CC(C)(C)OC(=O)C1=C(C(=O)N2CCSC2)C[N@+]2(N3CCC(c4nc5ccc(F)cc5o4)CC3)C=CC=C12. The molecule has 0 radical (unpaired) electrons. The second-order valence-electron chi connectivity index (χ2n) is 11.2. The highest BCUT2D eigenvalue weighted by Gasteiger charge is 2.55. The molecule has 8 nitrogen and oxygen atoms in total. The number of quaternary nitrogens is 1. The van der Waals surface area contributed by atoms with Crippen LogP contribution in [0.3, 0.4) is 0 Å². The van der Waals surface area contributed by atoms with Crippen molar-refractivity contribution in [3.63, 3.8) is 0 Å². The van der Waals surface area contributed by atoms with Crippen molar-refractivity contribution in [1.82, 2.24) is 14.9 Å². The van der Waals surface area contributed by atoms with E-state index in [0.29, 0.717) is 51.7 Å². The maximum Gasteiger partial charge on any atom is 0.345 e. The van der Waals surface area contributed by atoms with Gasteiger partial charge in [0, 0.05) is 43.4 Å². The Balaban J connectivity index is 1.26. The first-order chi connectivity index (χ1) is 18.1. The van der Waals surface area contributed by atoms with Gasteiger partial charge in [0.2, 0.25) is 0 Å². The summed E-state index contributed by atoms with van der Waals surface area (Å²) in [5.41, 5.74) is 2.17. The molecule has 10 heteroatoms. The number of hydrogen-bond acceptors (Lipinski definition) is 7. The Morgan fingerprint density at radius 3 is 2.71 bits per heavy atom. The number of fused-ring (bicyclic) bond motifs is 2. The van der Waals surface area contributed by atoms with Crippen molar-refractivity contribution in [2.45, 2.75) is 45.1 Å². The molecule has 5 heterocycles. The Labute approximate surface area is 225 Å². The summed E-state index contributed by atoms with van der Waals surface area (Å²) in [6.45, 7) is 8.05. The van der Waals surface area contributed by atoms with E-state index in [9.17, 15) is 14.0 Å². The number of ether oxygens (including phenoxy) is 1. The Hall–Kier alpha value is -2.95. The average Bonchev–Trinajstić information content (AvgIpc) is 3.65. The van der Waals surface area contributed by atoms with Gasteiger partial charge in [-0.05, 0) is 51.8 Å². The summed E-state index contributed by atoms with van der Waals surface area (Å²) in [6, 6.07) is 4.41. The van der Waals surface area contributed by atoms with Crippen molar-refractivity contribution in [3.8, 4) is 0 Å². The van der Waals surface area contributed by atoms with Gasteiger partial charge in [-0.3, -0.25) is 4.79 Å². The van der Waals surface area contributed by atoms with E-state index >= 15 is 0 Å². The van der Waals surface area contributed by atoms with E-state index in [0.717, 1.165) is 37.4 Å². The van der Waals surface area contributed by atoms with Gasteiger partial charge in [0.05, 0.1) is 11.4 Å². The van der Waals surface area contributed by atoms with Crippen LogP contribution >= 0.6 is 11.8 Å². The number of carbonyl (C=O) groups is 2. The molecule has 1 aromatic carbocycles. The van der Waals surface area contributed by atoms with E-state index in [1.807, 2.05) is 37.8 Å². The highest BCUT2D eigenvalue weighted by atomic mass is 32.2. The molecule has 0 saturated carbocycles. The zero-order chi connectivity index (χ0) is 26.7. The van der Waals surface area contributed by atoms with Crippen LogP contribution < -0.4 is 0 Å². The quantitative estimate of drug-likeness (QED) is 0.419. The van der Waals surface area contributed by atoms with Gasteiger partial charge >= 0.3 is 5.97 Å². The Morgan fingerprint density at radius 1 is 1.21 bits per heavy atom. The molecule has 6 rings (SSSR count). The van der Waals surface area contributed by atoms with Crippen LogP contribution in [0.1, 0.15) is 45.4 Å². The third-order valence-corrected chi connectivity index (χ3v) is 8.52. The fraction of sp³-hybridized carbons (Fsp3) is 0.464. The van der Waals surface area contributed by atoms with Crippen molar-refractivity contribution < 1.29 is 27.7 Å². The number of aromatic nitrogens is 1. The van der Waals surface area contributed by atoms with Crippen LogP contribution in [0.15, 0.2) is 57.8 Å². The second-order valence-corrected chi connectivity index (χ2v) is 12.3. The molecule has 38 heavy (non-hydrogen) atoms. The summed E-state index contributed by atoms with van der Waals surface area (Å²) in [4.78, 5) is 33.6.